The number of hydrogen-bond donors (Lipinski definition) is 2. The predicted molar refractivity (Wildman–Crippen MR) is 99.6 cm³/mol. The van der Waals surface area contributed by atoms with Crippen molar-refractivity contribution in [1.82, 2.24) is 15.5 Å². The Labute approximate surface area is 153 Å². The number of rotatable bonds is 6. The van der Waals surface area contributed by atoms with Gasteiger partial charge in [0.2, 0.25) is 5.91 Å². The third-order valence-electron chi connectivity index (χ3n) is 5.66. The molecule has 1 saturated carbocycles. The van der Waals surface area contributed by atoms with E-state index < -0.39 is 0 Å². The van der Waals surface area contributed by atoms with Gasteiger partial charge in [-0.2, -0.15) is 0 Å². The van der Waals surface area contributed by atoms with Crippen LogP contribution in [0.4, 0.5) is 0 Å². The Hall–Kier alpha value is -0.0300. The topological polar surface area (TPSA) is 44.4 Å². The second-order valence-electron chi connectivity index (χ2n) is 7.45. The first-order chi connectivity index (χ1) is 10.2. The summed E-state index contributed by atoms with van der Waals surface area (Å²) < 4.78 is 0. The molecule has 3 rings (SSSR count). The summed E-state index contributed by atoms with van der Waals surface area (Å²) >= 11 is 0. The maximum atomic E-state index is 12.1. The predicted octanol–water partition coefficient (Wildman–Crippen LogP) is 2.46. The van der Waals surface area contributed by atoms with E-state index >= 15 is 0 Å². The van der Waals surface area contributed by atoms with E-state index in [1.54, 1.807) is 0 Å². The zero-order valence-electron chi connectivity index (χ0n) is 14.3. The van der Waals surface area contributed by atoms with Crippen molar-refractivity contribution >= 4 is 30.7 Å². The maximum Gasteiger partial charge on any atom is 0.220 e. The van der Waals surface area contributed by atoms with E-state index in [2.05, 4.69) is 22.5 Å². The molecule has 2 saturated heterocycles. The van der Waals surface area contributed by atoms with Crippen LogP contribution in [0.25, 0.3) is 0 Å². The van der Waals surface area contributed by atoms with Gasteiger partial charge >= 0.3 is 0 Å². The van der Waals surface area contributed by atoms with Crippen molar-refractivity contribution < 1.29 is 4.79 Å². The fraction of sp³-hybridized carbons (Fsp3) is 0.941. The highest BCUT2D eigenvalue weighted by Crippen LogP contribution is 2.31. The molecule has 1 aliphatic carbocycles. The van der Waals surface area contributed by atoms with E-state index in [1.165, 1.54) is 45.2 Å². The minimum Gasteiger partial charge on any atom is -0.356 e. The minimum absolute atomic E-state index is 0. The van der Waals surface area contributed by atoms with Crippen LogP contribution in [0.3, 0.4) is 0 Å². The van der Waals surface area contributed by atoms with Crippen LogP contribution in [0, 0.1) is 17.8 Å². The number of carbonyl (C=O) groups is 1. The molecule has 0 bridgehead atoms. The van der Waals surface area contributed by atoms with Crippen LogP contribution in [-0.2, 0) is 4.79 Å². The number of nitrogens with zero attached hydrogens (tertiary/aromatic N) is 1. The molecular formula is C17H33Cl2N3O. The van der Waals surface area contributed by atoms with Gasteiger partial charge in [0.15, 0.2) is 0 Å². The molecule has 3 fully saturated rings. The summed E-state index contributed by atoms with van der Waals surface area (Å²) in [6.45, 7) is 7.83. The Bertz CT molecular complexity index is 360. The molecule has 0 aromatic rings. The summed E-state index contributed by atoms with van der Waals surface area (Å²) in [5, 5.41) is 6.59. The molecule has 1 amide bonds. The van der Waals surface area contributed by atoms with Crippen molar-refractivity contribution in [3.8, 4) is 0 Å². The average Bonchev–Trinajstić information content (AvgIpc) is 3.25. The number of piperidine rings is 1. The first kappa shape index (κ1) is 21.0. The van der Waals surface area contributed by atoms with Crippen LogP contribution in [0.1, 0.15) is 45.4 Å². The lowest BCUT2D eigenvalue weighted by molar-refractivity contribution is -0.122. The van der Waals surface area contributed by atoms with Gasteiger partial charge < -0.3 is 15.5 Å². The van der Waals surface area contributed by atoms with Crippen LogP contribution in [0.15, 0.2) is 0 Å². The number of hydrogen-bond acceptors (Lipinski definition) is 3. The van der Waals surface area contributed by atoms with Crippen LogP contribution in [0.2, 0.25) is 0 Å². The van der Waals surface area contributed by atoms with Gasteiger partial charge in [0.05, 0.1) is 0 Å². The lowest BCUT2D eigenvalue weighted by Crippen LogP contribution is -2.35. The van der Waals surface area contributed by atoms with E-state index in [1.807, 2.05) is 0 Å². The lowest BCUT2D eigenvalue weighted by Gasteiger charge is -2.28. The fourth-order valence-corrected chi connectivity index (χ4v) is 4.00. The number of carbonyl (C=O) groups excluding carboxylic acids is 1. The summed E-state index contributed by atoms with van der Waals surface area (Å²) in [5.74, 6) is 2.21. The Morgan fingerprint density at radius 2 is 1.87 bits per heavy atom. The summed E-state index contributed by atoms with van der Waals surface area (Å²) in [5.41, 5.74) is 0. The standard InChI is InChI=1S/C17H31N3O.2ClH/c1-13(15-4-7-18-8-5-15)10-17(21)19-11-14-6-9-20(12-14)16-2-3-16;;/h13-16,18H,2-12H2,1H3,(H,19,21);2*1H. The highest BCUT2D eigenvalue weighted by Gasteiger charge is 2.34. The third-order valence-corrected chi connectivity index (χ3v) is 5.66. The second-order valence-corrected chi connectivity index (χ2v) is 7.45. The molecule has 0 radical (unpaired) electrons. The van der Waals surface area contributed by atoms with Crippen molar-refractivity contribution in [3.63, 3.8) is 0 Å². The first-order valence-corrected chi connectivity index (χ1v) is 8.94. The number of likely N-dealkylation sites (tertiary alicyclic amines) is 1. The minimum atomic E-state index is 0. The number of amides is 1. The Balaban J connectivity index is 0.00000132. The molecule has 0 spiro atoms. The quantitative estimate of drug-likeness (QED) is 0.759. The van der Waals surface area contributed by atoms with E-state index in [0.717, 1.165) is 31.6 Å². The van der Waals surface area contributed by atoms with E-state index in [-0.39, 0.29) is 30.7 Å². The fourth-order valence-electron chi connectivity index (χ4n) is 4.00. The normalized spacial score (nSPS) is 26.9. The van der Waals surface area contributed by atoms with Gasteiger partial charge in [0.25, 0.3) is 0 Å². The van der Waals surface area contributed by atoms with Crippen LogP contribution in [-0.4, -0.2) is 49.6 Å². The zero-order chi connectivity index (χ0) is 14.7. The zero-order valence-corrected chi connectivity index (χ0v) is 15.9. The van der Waals surface area contributed by atoms with Gasteiger partial charge in [-0.15, -0.1) is 24.8 Å². The Morgan fingerprint density at radius 1 is 1.17 bits per heavy atom. The first-order valence-electron chi connectivity index (χ1n) is 8.94. The molecule has 23 heavy (non-hydrogen) atoms. The lowest BCUT2D eigenvalue weighted by atomic mass is 9.84. The molecule has 6 heteroatoms. The number of halogens is 2. The molecule has 0 aromatic carbocycles. The maximum absolute atomic E-state index is 12.1. The summed E-state index contributed by atoms with van der Waals surface area (Å²) in [4.78, 5) is 14.8. The molecule has 2 atom stereocenters. The molecule has 2 unspecified atom stereocenters. The molecule has 2 aliphatic heterocycles. The highest BCUT2D eigenvalue weighted by atomic mass is 35.5. The van der Waals surface area contributed by atoms with Gasteiger partial charge in [0.1, 0.15) is 0 Å². The van der Waals surface area contributed by atoms with Gasteiger partial charge in [-0.1, -0.05) is 6.92 Å². The molecule has 4 nitrogen and oxygen atoms in total. The van der Waals surface area contributed by atoms with Crippen LogP contribution in [0.5, 0.6) is 0 Å². The van der Waals surface area contributed by atoms with Gasteiger partial charge in [-0.25, -0.2) is 0 Å². The van der Waals surface area contributed by atoms with Gasteiger partial charge in [-0.3, -0.25) is 4.79 Å². The Morgan fingerprint density at radius 3 is 2.52 bits per heavy atom. The third kappa shape index (κ3) is 6.41. The van der Waals surface area contributed by atoms with Crippen molar-refractivity contribution in [2.45, 2.75) is 51.5 Å². The Kier molecular flexibility index (Phi) is 9.20. The highest BCUT2D eigenvalue weighted by molar-refractivity contribution is 5.85. The smallest absolute Gasteiger partial charge is 0.220 e. The average molecular weight is 366 g/mol. The van der Waals surface area contributed by atoms with E-state index in [4.69, 9.17) is 0 Å². The molecule has 2 N–H and O–H groups in total. The van der Waals surface area contributed by atoms with Crippen molar-refractivity contribution in [2.24, 2.45) is 17.8 Å². The largest absolute Gasteiger partial charge is 0.356 e. The molecule has 2 heterocycles. The van der Waals surface area contributed by atoms with E-state index in [0.29, 0.717) is 18.3 Å². The van der Waals surface area contributed by atoms with E-state index in [9.17, 15) is 4.79 Å². The summed E-state index contributed by atoms with van der Waals surface area (Å²) in [7, 11) is 0. The SMILES string of the molecule is CC(CC(=O)NCC1CCN(C2CC2)C1)C1CCNCC1.Cl.Cl. The van der Waals surface area contributed by atoms with Gasteiger partial charge in [-0.05, 0) is 69.5 Å². The monoisotopic (exact) mass is 365 g/mol. The van der Waals surface area contributed by atoms with Crippen molar-refractivity contribution in [2.75, 3.05) is 32.7 Å². The second kappa shape index (κ2) is 10.1. The number of nitrogens with one attached hydrogen (secondary N) is 2. The molecule has 0 aromatic heterocycles. The van der Waals surface area contributed by atoms with Gasteiger partial charge in [0, 0.05) is 25.6 Å². The van der Waals surface area contributed by atoms with Crippen molar-refractivity contribution in [1.29, 1.82) is 0 Å². The molecule has 3 aliphatic rings. The summed E-state index contributed by atoms with van der Waals surface area (Å²) in [6, 6.07) is 0.880. The van der Waals surface area contributed by atoms with Crippen LogP contribution >= 0.6 is 24.8 Å². The van der Waals surface area contributed by atoms with Crippen molar-refractivity contribution in [3.05, 3.63) is 0 Å². The summed E-state index contributed by atoms with van der Waals surface area (Å²) in [6.07, 6.45) is 7.23. The molecular weight excluding hydrogens is 333 g/mol. The molecule has 136 valence electrons. The van der Waals surface area contributed by atoms with Crippen LogP contribution < -0.4 is 10.6 Å².